The van der Waals surface area contributed by atoms with Crippen molar-refractivity contribution in [1.82, 2.24) is 10.2 Å². The van der Waals surface area contributed by atoms with Gasteiger partial charge in [-0.05, 0) is 68.4 Å². The number of hydrogen-bond acceptors (Lipinski definition) is 3. The number of nitrogens with one attached hydrogen (secondary N) is 1. The van der Waals surface area contributed by atoms with Crippen LogP contribution in [0.3, 0.4) is 0 Å². The average molecular weight is 328 g/mol. The van der Waals surface area contributed by atoms with E-state index in [4.69, 9.17) is 5.73 Å². The van der Waals surface area contributed by atoms with Gasteiger partial charge in [-0.1, -0.05) is 30.3 Å². The summed E-state index contributed by atoms with van der Waals surface area (Å²) in [6.45, 7) is 5.40. The molecule has 1 saturated heterocycles. The molecule has 4 rings (SSSR count). The van der Waals surface area contributed by atoms with Gasteiger partial charge >= 0.3 is 0 Å². The Hall–Kier alpha value is -0.900. The lowest BCUT2D eigenvalue weighted by Gasteiger charge is -2.43. The highest BCUT2D eigenvalue weighted by atomic mass is 15.2. The van der Waals surface area contributed by atoms with Gasteiger partial charge < -0.3 is 11.1 Å². The number of benzene rings is 1. The van der Waals surface area contributed by atoms with Crippen molar-refractivity contribution in [2.24, 2.45) is 23.5 Å². The number of hydrogen-bond donors (Lipinski definition) is 2. The van der Waals surface area contributed by atoms with E-state index in [0.29, 0.717) is 0 Å². The Morgan fingerprint density at radius 2 is 1.67 bits per heavy atom. The van der Waals surface area contributed by atoms with Gasteiger partial charge in [-0.15, -0.1) is 0 Å². The monoisotopic (exact) mass is 327 g/mol. The predicted octanol–water partition coefficient (Wildman–Crippen LogP) is 3.01. The second-order valence-electron chi connectivity index (χ2n) is 8.47. The highest BCUT2D eigenvalue weighted by molar-refractivity contribution is 5.14. The molecule has 0 unspecified atom stereocenters. The lowest BCUT2D eigenvalue weighted by molar-refractivity contribution is 0.127. The highest BCUT2D eigenvalue weighted by Gasteiger charge is 2.42. The van der Waals surface area contributed by atoms with E-state index in [-0.39, 0.29) is 5.54 Å². The molecule has 24 heavy (non-hydrogen) atoms. The van der Waals surface area contributed by atoms with Crippen molar-refractivity contribution in [2.75, 3.05) is 26.2 Å². The third-order valence-corrected chi connectivity index (χ3v) is 6.62. The Balaban J connectivity index is 1.28. The van der Waals surface area contributed by atoms with Crippen LogP contribution in [0.4, 0.5) is 0 Å². The van der Waals surface area contributed by atoms with Crippen LogP contribution in [0.2, 0.25) is 0 Å². The summed E-state index contributed by atoms with van der Waals surface area (Å²) in [5.74, 6) is 2.99. The second kappa shape index (κ2) is 7.15. The third-order valence-electron chi connectivity index (χ3n) is 6.62. The molecule has 0 radical (unpaired) electrons. The quantitative estimate of drug-likeness (QED) is 0.771. The van der Waals surface area contributed by atoms with Crippen LogP contribution >= 0.6 is 0 Å². The van der Waals surface area contributed by atoms with Crippen molar-refractivity contribution >= 4 is 0 Å². The minimum atomic E-state index is 0.190. The summed E-state index contributed by atoms with van der Waals surface area (Å²) in [5, 5.41) is 3.96. The van der Waals surface area contributed by atoms with Crippen molar-refractivity contribution in [3.8, 4) is 0 Å². The number of piperidine rings is 1. The molecule has 0 amide bonds. The molecule has 2 aliphatic carbocycles. The maximum atomic E-state index is 6.22. The zero-order valence-corrected chi connectivity index (χ0v) is 14.9. The van der Waals surface area contributed by atoms with E-state index < -0.39 is 0 Å². The number of likely N-dealkylation sites (tertiary alicyclic amines) is 1. The fraction of sp³-hybridized carbons (Fsp3) is 0.714. The molecular formula is C21H33N3. The SMILES string of the molecule is NCC1(NCC(C2CC2)C2CC2)CCN(Cc2ccccc2)CC1. The molecule has 0 spiro atoms. The molecule has 3 N–H and O–H groups in total. The fourth-order valence-electron chi connectivity index (χ4n) is 4.54. The first-order valence-corrected chi connectivity index (χ1v) is 9.99. The van der Waals surface area contributed by atoms with Gasteiger partial charge in [-0.25, -0.2) is 0 Å². The molecule has 3 heteroatoms. The van der Waals surface area contributed by atoms with E-state index in [1.165, 1.54) is 50.6 Å². The Morgan fingerprint density at radius 3 is 2.21 bits per heavy atom. The molecule has 0 bridgehead atoms. The normalized spacial score (nSPS) is 24.4. The molecule has 2 saturated carbocycles. The topological polar surface area (TPSA) is 41.3 Å². The van der Waals surface area contributed by atoms with E-state index in [9.17, 15) is 0 Å². The molecule has 1 heterocycles. The summed E-state index contributed by atoms with van der Waals surface area (Å²) >= 11 is 0. The summed E-state index contributed by atoms with van der Waals surface area (Å²) in [6, 6.07) is 10.8. The minimum absolute atomic E-state index is 0.190. The summed E-state index contributed by atoms with van der Waals surface area (Å²) in [7, 11) is 0. The van der Waals surface area contributed by atoms with Crippen molar-refractivity contribution in [3.63, 3.8) is 0 Å². The van der Waals surface area contributed by atoms with E-state index in [0.717, 1.165) is 43.9 Å². The van der Waals surface area contributed by atoms with Gasteiger partial charge in [0.2, 0.25) is 0 Å². The molecule has 0 atom stereocenters. The zero-order chi connectivity index (χ0) is 16.4. The van der Waals surface area contributed by atoms with Crippen molar-refractivity contribution < 1.29 is 0 Å². The Labute approximate surface area is 147 Å². The van der Waals surface area contributed by atoms with Gasteiger partial charge in [0.15, 0.2) is 0 Å². The van der Waals surface area contributed by atoms with Gasteiger partial charge in [-0.3, -0.25) is 4.90 Å². The maximum absolute atomic E-state index is 6.22. The molecular weight excluding hydrogens is 294 g/mol. The van der Waals surface area contributed by atoms with E-state index >= 15 is 0 Å². The largest absolute Gasteiger partial charge is 0.329 e. The number of rotatable bonds is 8. The molecule has 3 fully saturated rings. The van der Waals surface area contributed by atoms with Gasteiger partial charge in [-0.2, -0.15) is 0 Å². The van der Waals surface area contributed by atoms with Crippen LogP contribution in [-0.2, 0) is 6.54 Å². The van der Waals surface area contributed by atoms with Gasteiger partial charge in [0.25, 0.3) is 0 Å². The van der Waals surface area contributed by atoms with E-state index in [1.54, 1.807) is 0 Å². The molecule has 1 aromatic carbocycles. The Kier molecular flexibility index (Phi) is 4.93. The van der Waals surface area contributed by atoms with Crippen molar-refractivity contribution in [1.29, 1.82) is 0 Å². The standard InChI is InChI=1S/C21H33N3/c22-16-21(23-14-20(18-6-7-18)19-8-9-19)10-12-24(13-11-21)15-17-4-2-1-3-5-17/h1-5,18-20,23H,6-16,22H2. The molecule has 1 aromatic rings. The molecule has 3 nitrogen and oxygen atoms in total. The van der Waals surface area contributed by atoms with Gasteiger partial charge in [0.05, 0.1) is 0 Å². The van der Waals surface area contributed by atoms with Crippen LogP contribution < -0.4 is 11.1 Å². The van der Waals surface area contributed by atoms with E-state index in [1.807, 2.05) is 0 Å². The van der Waals surface area contributed by atoms with Gasteiger partial charge in [0, 0.05) is 31.7 Å². The molecule has 0 aromatic heterocycles. The van der Waals surface area contributed by atoms with Crippen LogP contribution in [0.5, 0.6) is 0 Å². The first kappa shape index (κ1) is 16.6. The first-order chi connectivity index (χ1) is 11.8. The molecule has 132 valence electrons. The zero-order valence-electron chi connectivity index (χ0n) is 14.9. The summed E-state index contributed by atoms with van der Waals surface area (Å²) in [4.78, 5) is 2.59. The lowest BCUT2D eigenvalue weighted by Crippen LogP contribution is -2.58. The molecule has 1 aliphatic heterocycles. The summed E-state index contributed by atoms with van der Waals surface area (Å²) in [6.07, 6.45) is 8.29. The Bertz CT molecular complexity index is 501. The smallest absolute Gasteiger partial charge is 0.0328 e. The fourth-order valence-corrected chi connectivity index (χ4v) is 4.54. The van der Waals surface area contributed by atoms with Crippen molar-refractivity contribution in [3.05, 3.63) is 35.9 Å². The van der Waals surface area contributed by atoms with Gasteiger partial charge in [0.1, 0.15) is 0 Å². The van der Waals surface area contributed by atoms with Crippen LogP contribution in [0.15, 0.2) is 30.3 Å². The van der Waals surface area contributed by atoms with Crippen LogP contribution in [0.1, 0.15) is 44.1 Å². The predicted molar refractivity (Wildman–Crippen MR) is 99.7 cm³/mol. The summed E-state index contributed by atoms with van der Waals surface area (Å²) in [5.41, 5.74) is 7.84. The maximum Gasteiger partial charge on any atom is 0.0328 e. The van der Waals surface area contributed by atoms with Crippen molar-refractivity contribution in [2.45, 2.75) is 50.6 Å². The first-order valence-electron chi connectivity index (χ1n) is 9.99. The summed E-state index contributed by atoms with van der Waals surface area (Å²) < 4.78 is 0. The minimum Gasteiger partial charge on any atom is -0.329 e. The van der Waals surface area contributed by atoms with Crippen LogP contribution in [0.25, 0.3) is 0 Å². The number of nitrogens with two attached hydrogens (primary N) is 1. The van der Waals surface area contributed by atoms with E-state index in [2.05, 4.69) is 40.5 Å². The highest BCUT2D eigenvalue weighted by Crippen LogP contribution is 2.49. The molecule has 3 aliphatic rings. The van der Waals surface area contributed by atoms with Crippen LogP contribution in [0, 0.1) is 17.8 Å². The lowest BCUT2D eigenvalue weighted by atomic mass is 9.86. The average Bonchev–Trinajstić information content (AvgIpc) is 3.52. The Morgan fingerprint density at radius 1 is 1.04 bits per heavy atom. The number of nitrogens with zero attached hydrogens (tertiary/aromatic N) is 1. The van der Waals surface area contributed by atoms with Crippen LogP contribution in [-0.4, -0.2) is 36.6 Å². The second-order valence-corrected chi connectivity index (χ2v) is 8.47. The third kappa shape index (κ3) is 4.01.